The minimum absolute atomic E-state index is 0.459. The van der Waals surface area contributed by atoms with Crippen molar-refractivity contribution < 1.29 is 0 Å². The maximum Gasteiger partial charge on any atom is 0.126 e. The molecule has 3 aromatic rings. The molecule has 110 valence electrons. The summed E-state index contributed by atoms with van der Waals surface area (Å²) in [7, 11) is 0. The van der Waals surface area contributed by atoms with Crippen LogP contribution in [0.15, 0.2) is 36.4 Å². The van der Waals surface area contributed by atoms with E-state index in [0.717, 1.165) is 28.0 Å². The van der Waals surface area contributed by atoms with E-state index >= 15 is 0 Å². The molecule has 4 nitrogen and oxygen atoms in total. The van der Waals surface area contributed by atoms with Gasteiger partial charge in [0.15, 0.2) is 0 Å². The first-order chi connectivity index (χ1) is 10.4. The lowest BCUT2D eigenvalue weighted by atomic mass is 10.0. The molecule has 0 bridgehead atoms. The molecule has 2 aromatic carbocycles. The highest BCUT2D eigenvalue weighted by Crippen LogP contribution is 2.28. The third-order valence-electron chi connectivity index (χ3n) is 3.51. The number of aromatic nitrogens is 2. The number of nitrogens with two attached hydrogens (primary N) is 1. The van der Waals surface area contributed by atoms with Crippen molar-refractivity contribution in [2.24, 2.45) is 5.73 Å². The van der Waals surface area contributed by atoms with Crippen LogP contribution in [0.3, 0.4) is 0 Å². The van der Waals surface area contributed by atoms with E-state index in [1.54, 1.807) is 12.1 Å². The largest absolute Gasteiger partial charge is 0.340 e. The highest BCUT2D eigenvalue weighted by molar-refractivity contribution is 6.31. The minimum Gasteiger partial charge on any atom is -0.340 e. The van der Waals surface area contributed by atoms with Crippen LogP contribution < -0.4 is 5.73 Å². The van der Waals surface area contributed by atoms with Gasteiger partial charge in [-0.3, -0.25) is 0 Å². The molecule has 0 unspecified atom stereocenters. The summed E-state index contributed by atoms with van der Waals surface area (Å²) in [6.45, 7) is 3.81. The Hall–Kier alpha value is -2.35. The Morgan fingerprint density at radius 1 is 1.18 bits per heavy atom. The van der Waals surface area contributed by atoms with Crippen molar-refractivity contribution in [1.82, 2.24) is 9.97 Å². The summed E-state index contributed by atoms with van der Waals surface area (Å²) >= 11 is 5.98. The first-order valence-corrected chi connectivity index (χ1v) is 7.25. The number of H-pyrrole nitrogens is 1. The molecule has 0 saturated heterocycles. The van der Waals surface area contributed by atoms with Crippen molar-refractivity contribution in [2.75, 3.05) is 0 Å². The molecule has 0 saturated carbocycles. The number of nitrogens with zero attached hydrogens (tertiary/aromatic N) is 2. The van der Waals surface area contributed by atoms with E-state index < -0.39 is 5.54 Å². The highest BCUT2D eigenvalue weighted by Gasteiger charge is 2.18. The molecule has 0 aliphatic carbocycles. The standard InChI is InChI=1S/C17H15ClN4/c1-17(2,20)16-21-14-6-4-11(8-15(14)22-16)10-3-5-13(18)12(7-10)9-19/h3-8H,20H2,1-2H3,(H,21,22). The van der Waals surface area contributed by atoms with Crippen molar-refractivity contribution in [1.29, 1.82) is 5.26 Å². The maximum atomic E-state index is 9.09. The van der Waals surface area contributed by atoms with Crippen molar-refractivity contribution >= 4 is 22.6 Å². The molecule has 0 aliphatic rings. The number of rotatable bonds is 2. The number of hydrogen-bond donors (Lipinski definition) is 2. The van der Waals surface area contributed by atoms with Gasteiger partial charge in [-0.2, -0.15) is 5.26 Å². The van der Waals surface area contributed by atoms with Gasteiger partial charge in [-0.25, -0.2) is 4.98 Å². The number of imidazole rings is 1. The Bertz CT molecular complexity index is 897. The second-order valence-electron chi connectivity index (χ2n) is 5.85. The van der Waals surface area contributed by atoms with Gasteiger partial charge < -0.3 is 10.7 Å². The lowest BCUT2D eigenvalue weighted by molar-refractivity contribution is 0.522. The molecule has 0 atom stereocenters. The molecule has 0 radical (unpaired) electrons. The predicted octanol–water partition coefficient (Wildman–Crippen LogP) is 3.95. The second kappa shape index (κ2) is 5.13. The number of hydrogen-bond acceptors (Lipinski definition) is 3. The maximum absolute atomic E-state index is 9.09. The van der Waals surface area contributed by atoms with Crippen LogP contribution >= 0.6 is 11.6 Å². The number of nitriles is 1. The summed E-state index contributed by atoms with van der Waals surface area (Å²) in [4.78, 5) is 7.77. The van der Waals surface area contributed by atoms with Crippen LogP contribution in [0.1, 0.15) is 25.2 Å². The molecule has 5 heteroatoms. The van der Waals surface area contributed by atoms with Crippen molar-refractivity contribution in [3.8, 4) is 17.2 Å². The monoisotopic (exact) mass is 310 g/mol. The van der Waals surface area contributed by atoms with Gasteiger partial charge in [0.25, 0.3) is 0 Å². The summed E-state index contributed by atoms with van der Waals surface area (Å²) in [5.41, 5.74) is 9.74. The van der Waals surface area contributed by atoms with Crippen LogP contribution in [0.5, 0.6) is 0 Å². The summed E-state index contributed by atoms with van der Waals surface area (Å²) < 4.78 is 0. The van der Waals surface area contributed by atoms with Crippen LogP contribution in [0.4, 0.5) is 0 Å². The topological polar surface area (TPSA) is 78.5 Å². The average Bonchev–Trinajstić information content (AvgIpc) is 2.91. The van der Waals surface area contributed by atoms with E-state index in [0.29, 0.717) is 10.6 Å². The zero-order chi connectivity index (χ0) is 15.9. The Morgan fingerprint density at radius 2 is 1.86 bits per heavy atom. The molecule has 0 aliphatic heterocycles. The van der Waals surface area contributed by atoms with Gasteiger partial charge in [0.1, 0.15) is 11.9 Å². The van der Waals surface area contributed by atoms with Gasteiger partial charge >= 0.3 is 0 Å². The van der Waals surface area contributed by atoms with Crippen molar-refractivity contribution in [3.63, 3.8) is 0 Å². The number of halogens is 1. The summed E-state index contributed by atoms with van der Waals surface area (Å²) in [6, 6.07) is 13.4. The predicted molar refractivity (Wildman–Crippen MR) is 88.5 cm³/mol. The molecule has 1 aromatic heterocycles. The highest BCUT2D eigenvalue weighted by atomic mass is 35.5. The quantitative estimate of drug-likeness (QED) is 0.752. The Kier molecular flexibility index (Phi) is 3.40. The second-order valence-corrected chi connectivity index (χ2v) is 6.25. The zero-order valence-electron chi connectivity index (χ0n) is 12.3. The Labute approximate surface area is 133 Å². The van der Waals surface area contributed by atoms with Gasteiger partial charge in [0.2, 0.25) is 0 Å². The van der Waals surface area contributed by atoms with Crippen molar-refractivity contribution in [3.05, 3.63) is 52.8 Å². The summed E-state index contributed by atoms with van der Waals surface area (Å²) in [5.74, 6) is 0.744. The van der Waals surface area contributed by atoms with Crippen LogP contribution in [-0.2, 0) is 5.54 Å². The number of benzene rings is 2. The van der Waals surface area contributed by atoms with Gasteiger partial charge in [0, 0.05) is 0 Å². The van der Waals surface area contributed by atoms with E-state index in [2.05, 4.69) is 16.0 Å². The fourth-order valence-electron chi connectivity index (χ4n) is 2.28. The fraction of sp³-hybridized carbons (Fsp3) is 0.176. The molecule has 0 amide bonds. The van der Waals surface area contributed by atoms with Gasteiger partial charge in [-0.15, -0.1) is 0 Å². The minimum atomic E-state index is -0.520. The average molecular weight is 311 g/mol. The molecule has 3 rings (SSSR count). The van der Waals surface area contributed by atoms with Gasteiger partial charge in [-0.05, 0) is 49.2 Å². The van der Waals surface area contributed by atoms with Crippen molar-refractivity contribution in [2.45, 2.75) is 19.4 Å². The van der Waals surface area contributed by atoms with Gasteiger partial charge in [0.05, 0.1) is 27.2 Å². The lowest BCUT2D eigenvalue weighted by Gasteiger charge is -2.14. The Morgan fingerprint density at radius 3 is 2.55 bits per heavy atom. The van der Waals surface area contributed by atoms with E-state index in [1.165, 1.54) is 0 Å². The number of nitrogens with one attached hydrogen (secondary N) is 1. The van der Waals surface area contributed by atoms with Crippen LogP contribution in [0.25, 0.3) is 22.2 Å². The van der Waals surface area contributed by atoms with E-state index in [4.69, 9.17) is 22.6 Å². The Balaban J connectivity index is 2.11. The molecular weight excluding hydrogens is 296 g/mol. The van der Waals surface area contributed by atoms with Gasteiger partial charge in [-0.1, -0.05) is 23.7 Å². The smallest absolute Gasteiger partial charge is 0.126 e. The van der Waals surface area contributed by atoms with Crippen LogP contribution in [0, 0.1) is 11.3 Å². The molecule has 0 spiro atoms. The third-order valence-corrected chi connectivity index (χ3v) is 3.84. The normalized spacial score (nSPS) is 11.6. The van der Waals surface area contributed by atoms with E-state index in [9.17, 15) is 0 Å². The molecule has 1 heterocycles. The zero-order valence-corrected chi connectivity index (χ0v) is 13.1. The molecule has 3 N–H and O–H groups in total. The fourth-order valence-corrected chi connectivity index (χ4v) is 2.44. The molecule has 22 heavy (non-hydrogen) atoms. The third kappa shape index (κ3) is 2.57. The number of aromatic amines is 1. The SMILES string of the molecule is CC(C)(N)c1nc2ccc(-c3ccc(Cl)c(C#N)c3)cc2[nH]1. The van der Waals surface area contributed by atoms with E-state index in [1.807, 2.05) is 38.1 Å². The summed E-state index contributed by atoms with van der Waals surface area (Å²) in [5, 5.41) is 9.55. The first kappa shape index (κ1) is 14.6. The van der Waals surface area contributed by atoms with Crippen LogP contribution in [0.2, 0.25) is 5.02 Å². The number of fused-ring (bicyclic) bond motifs is 1. The molecular formula is C17H15ClN4. The molecule has 0 fully saturated rings. The lowest BCUT2D eigenvalue weighted by Crippen LogP contribution is -2.30. The van der Waals surface area contributed by atoms with E-state index in [-0.39, 0.29) is 0 Å². The van der Waals surface area contributed by atoms with Crippen LogP contribution in [-0.4, -0.2) is 9.97 Å². The summed E-state index contributed by atoms with van der Waals surface area (Å²) in [6.07, 6.45) is 0. The first-order valence-electron chi connectivity index (χ1n) is 6.87.